The summed E-state index contributed by atoms with van der Waals surface area (Å²) in [4.78, 5) is 29.0. The Labute approximate surface area is 148 Å². The molecule has 0 saturated carbocycles. The predicted molar refractivity (Wildman–Crippen MR) is 95.7 cm³/mol. The molecule has 0 radical (unpaired) electrons. The smallest absolute Gasteiger partial charge is 0.257 e. The summed E-state index contributed by atoms with van der Waals surface area (Å²) in [6.07, 6.45) is 3.88. The number of hydrogen-bond acceptors (Lipinski definition) is 5. The van der Waals surface area contributed by atoms with Crippen LogP contribution in [0.3, 0.4) is 0 Å². The zero-order valence-corrected chi connectivity index (χ0v) is 14.2. The summed E-state index contributed by atoms with van der Waals surface area (Å²) in [6.45, 7) is 0. The van der Waals surface area contributed by atoms with Gasteiger partial charge in [-0.3, -0.25) is 14.9 Å². The Morgan fingerprint density at radius 3 is 2.96 bits per heavy atom. The highest BCUT2D eigenvalue weighted by Gasteiger charge is 2.10. The molecule has 0 bridgehead atoms. The van der Waals surface area contributed by atoms with E-state index in [-0.39, 0.29) is 11.5 Å². The first-order chi connectivity index (χ1) is 12.0. The molecule has 1 aromatic carbocycles. The Kier molecular flexibility index (Phi) is 4.73. The van der Waals surface area contributed by atoms with Crippen molar-refractivity contribution in [1.82, 2.24) is 9.55 Å². The number of aryl methyl sites for hydroxylation is 1. The van der Waals surface area contributed by atoms with Crippen molar-refractivity contribution in [1.29, 1.82) is 5.26 Å². The van der Waals surface area contributed by atoms with Crippen LogP contribution in [0.1, 0.15) is 26.4 Å². The minimum atomic E-state index is -0.370. The molecular formula is C18H14N4O2S. The molecule has 0 unspecified atom stereocenters. The van der Waals surface area contributed by atoms with Gasteiger partial charge in [-0.15, -0.1) is 11.3 Å². The maximum atomic E-state index is 12.2. The van der Waals surface area contributed by atoms with Gasteiger partial charge in [0.1, 0.15) is 0 Å². The van der Waals surface area contributed by atoms with Gasteiger partial charge in [0.25, 0.3) is 11.5 Å². The molecule has 1 N–H and O–H groups in total. The number of amides is 1. The third-order valence-electron chi connectivity index (χ3n) is 3.57. The number of benzene rings is 1. The van der Waals surface area contributed by atoms with Gasteiger partial charge in [0.05, 0.1) is 11.6 Å². The minimum Gasteiger partial charge on any atom is -0.319 e. The molecule has 6 nitrogen and oxygen atoms in total. The zero-order valence-electron chi connectivity index (χ0n) is 13.4. The van der Waals surface area contributed by atoms with Crippen LogP contribution in [0.4, 0.5) is 5.13 Å². The van der Waals surface area contributed by atoms with E-state index in [2.05, 4.69) is 16.4 Å². The van der Waals surface area contributed by atoms with Crippen molar-refractivity contribution in [3.05, 3.63) is 80.7 Å². The molecule has 0 aliphatic carbocycles. The highest BCUT2D eigenvalue weighted by atomic mass is 32.1. The van der Waals surface area contributed by atoms with Crippen molar-refractivity contribution < 1.29 is 4.79 Å². The largest absolute Gasteiger partial charge is 0.319 e. The molecule has 25 heavy (non-hydrogen) atoms. The number of thiazole rings is 1. The zero-order chi connectivity index (χ0) is 17.8. The molecule has 0 saturated heterocycles. The fourth-order valence-electron chi connectivity index (χ4n) is 2.26. The molecule has 0 fully saturated rings. The van der Waals surface area contributed by atoms with Crippen LogP contribution in [0.25, 0.3) is 0 Å². The van der Waals surface area contributed by atoms with E-state index in [4.69, 9.17) is 5.26 Å². The number of nitriles is 1. The SMILES string of the molecule is Cn1ccc(C(=O)Nc2ncc(Cc3cccc(C#N)c3)s2)cc1=O. The van der Waals surface area contributed by atoms with E-state index < -0.39 is 0 Å². The van der Waals surface area contributed by atoms with Crippen LogP contribution < -0.4 is 10.9 Å². The Morgan fingerprint density at radius 1 is 1.36 bits per heavy atom. The number of aromatic nitrogens is 2. The van der Waals surface area contributed by atoms with Crippen molar-refractivity contribution in [3.63, 3.8) is 0 Å². The molecule has 0 spiro atoms. The van der Waals surface area contributed by atoms with Crippen molar-refractivity contribution in [3.8, 4) is 6.07 Å². The van der Waals surface area contributed by atoms with Gasteiger partial charge < -0.3 is 4.57 Å². The Morgan fingerprint density at radius 2 is 2.20 bits per heavy atom. The molecule has 0 aliphatic heterocycles. The second-order valence-corrected chi connectivity index (χ2v) is 6.55. The lowest BCUT2D eigenvalue weighted by molar-refractivity contribution is 0.102. The quantitative estimate of drug-likeness (QED) is 0.783. The molecule has 3 rings (SSSR count). The summed E-state index contributed by atoms with van der Waals surface area (Å²) in [6, 6.07) is 12.4. The Balaban J connectivity index is 1.70. The van der Waals surface area contributed by atoms with E-state index in [1.165, 1.54) is 22.0 Å². The summed E-state index contributed by atoms with van der Waals surface area (Å²) in [7, 11) is 1.62. The lowest BCUT2D eigenvalue weighted by Gasteiger charge is -2.02. The minimum absolute atomic E-state index is 0.246. The first-order valence-corrected chi connectivity index (χ1v) is 8.28. The third-order valence-corrected chi connectivity index (χ3v) is 4.49. The number of anilines is 1. The monoisotopic (exact) mass is 350 g/mol. The average Bonchev–Trinajstić information content (AvgIpc) is 3.04. The van der Waals surface area contributed by atoms with E-state index in [9.17, 15) is 9.59 Å². The topological polar surface area (TPSA) is 87.8 Å². The second-order valence-electron chi connectivity index (χ2n) is 5.44. The number of pyridine rings is 1. The van der Waals surface area contributed by atoms with E-state index in [1.807, 2.05) is 18.2 Å². The maximum absolute atomic E-state index is 12.2. The first kappa shape index (κ1) is 16.6. The molecule has 1 amide bonds. The highest BCUT2D eigenvalue weighted by Crippen LogP contribution is 2.22. The van der Waals surface area contributed by atoms with E-state index >= 15 is 0 Å². The van der Waals surface area contributed by atoms with Crippen molar-refractivity contribution in [2.75, 3.05) is 5.32 Å². The van der Waals surface area contributed by atoms with Gasteiger partial charge in [-0.05, 0) is 23.8 Å². The maximum Gasteiger partial charge on any atom is 0.257 e. The number of nitrogens with one attached hydrogen (secondary N) is 1. The van der Waals surface area contributed by atoms with Crippen LogP contribution in [0.15, 0.2) is 53.6 Å². The number of hydrogen-bond donors (Lipinski definition) is 1. The third kappa shape index (κ3) is 4.00. The van der Waals surface area contributed by atoms with Crippen LogP contribution in [0, 0.1) is 11.3 Å². The number of rotatable bonds is 4. The lowest BCUT2D eigenvalue weighted by atomic mass is 10.1. The van der Waals surface area contributed by atoms with Crippen LogP contribution in [0.5, 0.6) is 0 Å². The molecule has 3 aromatic rings. The van der Waals surface area contributed by atoms with Gasteiger partial charge in [0.15, 0.2) is 5.13 Å². The van der Waals surface area contributed by atoms with E-state index in [1.54, 1.807) is 31.6 Å². The Bertz CT molecular complexity index is 1030. The van der Waals surface area contributed by atoms with Crippen LogP contribution in [-0.4, -0.2) is 15.5 Å². The van der Waals surface area contributed by atoms with E-state index in [0.717, 1.165) is 10.4 Å². The standard InChI is InChI=1S/C18H14N4O2S/c1-22-6-5-14(9-16(22)23)17(24)21-18-20-11-15(25-18)8-12-3-2-4-13(7-12)10-19/h2-7,9,11H,8H2,1H3,(H,20,21,24). The number of nitrogens with zero attached hydrogens (tertiary/aromatic N) is 3. The van der Waals surface area contributed by atoms with Crippen LogP contribution >= 0.6 is 11.3 Å². The van der Waals surface area contributed by atoms with Crippen LogP contribution in [-0.2, 0) is 13.5 Å². The first-order valence-electron chi connectivity index (χ1n) is 7.47. The van der Waals surface area contributed by atoms with Gasteiger partial charge in [0, 0.05) is 42.4 Å². The summed E-state index contributed by atoms with van der Waals surface area (Å²) < 4.78 is 1.40. The molecule has 124 valence electrons. The predicted octanol–water partition coefficient (Wildman–Crippen LogP) is 2.56. The Hall–Kier alpha value is -3.24. The van der Waals surface area contributed by atoms with Gasteiger partial charge in [0.2, 0.25) is 0 Å². The summed E-state index contributed by atoms with van der Waals surface area (Å²) in [5, 5.41) is 12.1. The molecule has 7 heteroatoms. The summed E-state index contributed by atoms with van der Waals surface area (Å²) in [5.41, 5.74) is 1.67. The lowest BCUT2D eigenvalue weighted by Crippen LogP contribution is -2.19. The van der Waals surface area contributed by atoms with Gasteiger partial charge in [-0.1, -0.05) is 12.1 Å². The van der Waals surface area contributed by atoms with Crippen molar-refractivity contribution >= 4 is 22.4 Å². The summed E-state index contributed by atoms with van der Waals surface area (Å²) >= 11 is 1.36. The molecule has 0 aliphatic rings. The van der Waals surface area contributed by atoms with Gasteiger partial charge in [-0.25, -0.2) is 4.98 Å². The molecule has 2 aromatic heterocycles. The van der Waals surface area contributed by atoms with Crippen LogP contribution in [0.2, 0.25) is 0 Å². The number of carbonyl (C=O) groups excluding carboxylic acids is 1. The normalized spacial score (nSPS) is 10.2. The average molecular weight is 350 g/mol. The van der Waals surface area contributed by atoms with E-state index in [0.29, 0.717) is 22.7 Å². The van der Waals surface area contributed by atoms with Crippen molar-refractivity contribution in [2.45, 2.75) is 6.42 Å². The fraction of sp³-hybridized carbons (Fsp3) is 0.111. The van der Waals surface area contributed by atoms with Gasteiger partial charge in [-0.2, -0.15) is 5.26 Å². The molecule has 0 atom stereocenters. The summed E-state index contributed by atoms with van der Waals surface area (Å²) in [5.74, 6) is -0.370. The van der Waals surface area contributed by atoms with Crippen molar-refractivity contribution in [2.24, 2.45) is 7.05 Å². The molecular weight excluding hydrogens is 336 g/mol. The fourth-order valence-corrected chi connectivity index (χ4v) is 3.10. The molecule has 2 heterocycles. The highest BCUT2D eigenvalue weighted by molar-refractivity contribution is 7.15. The second kappa shape index (κ2) is 7.11. The van der Waals surface area contributed by atoms with Gasteiger partial charge >= 0.3 is 0 Å². The number of carbonyl (C=O) groups is 1.